The first kappa shape index (κ1) is 18.8. The van der Waals surface area contributed by atoms with Gasteiger partial charge < -0.3 is 4.57 Å². The van der Waals surface area contributed by atoms with Crippen LogP contribution in [0.1, 0.15) is 12.5 Å². The summed E-state index contributed by atoms with van der Waals surface area (Å²) in [7, 11) is 1.57. The zero-order valence-electron chi connectivity index (χ0n) is 14.1. The molecule has 0 saturated heterocycles. The average Bonchev–Trinajstić information content (AvgIpc) is 2.94. The molecule has 0 bridgehead atoms. The van der Waals surface area contributed by atoms with Crippen LogP contribution in [0.3, 0.4) is 0 Å². The van der Waals surface area contributed by atoms with Crippen molar-refractivity contribution in [3.8, 4) is 0 Å². The molecule has 6 nitrogen and oxygen atoms in total. The fourth-order valence-corrected chi connectivity index (χ4v) is 3.81. The zero-order valence-corrected chi connectivity index (χ0v) is 16.5. The second-order valence-corrected chi connectivity index (χ2v) is 7.65. The molecule has 1 aromatic carbocycles. The summed E-state index contributed by atoms with van der Waals surface area (Å²) in [6, 6.07) is 7.41. The van der Waals surface area contributed by atoms with Gasteiger partial charge in [0, 0.05) is 22.9 Å². The molecule has 136 valence electrons. The van der Waals surface area contributed by atoms with Crippen LogP contribution < -0.4 is 11.2 Å². The van der Waals surface area contributed by atoms with Gasteiger partial charge in [-0.1, -0.05) is 59.2 Å². The molecule has 0 aliphatic rings. The number of hydrogen-bond donors (Lipinski definition) is 1. The molecular weight excluding hydrogens is 395 g/mol. The van der Waals surface area contributed by atoms with Gasteiger partial charge in [0.05, 0.1) is 6.54 Å². The maximum Gasteiger partial charge on any atom is 0.329 e. The van der Waals surface area contributed by atoms with E-state index in [1.54, 1.807) is 24.6 Å². The molecule has 0 unspecified atom stereocenters. The van der Waals surface area contributed by atoms with Crippen LogP contribution in [0, 0.1) is 0 Å². The lowest BCUT2D eigenvalue weighted by Gasteiger charge is -2.09. The third-order valence-electron chi connectivity index (χ3n) is 3.84. The summed E-state index contributed by atoms with van der Waals surface area (Å²) < 4.78 is 3.10. The van der Waals surface area contributed by atoms with Gasteiger partial charge in [-0.3, -0.25) is 14.3 Å². The number of benzene rings is 1. The van der Waals surface area contributed by atoms with Gasteiger partial charge in [-0.15, -0.1) is 0 Å². The average molecular weight is 411 g/mol. The number of H-pyrrole nitrogens is 1. The molecule has 26 heavy (non-hydrogen) atoms. The van der Waals surface area contributed by atoms with Gasteiger partial charge in [-0.2, -0.15) is 0 Å². The van der Waals surface area contributed by atoms with E-state index in [2.05, 4.69) is 9.97 Å². The van der Waals surface area contributed by atoms with Crippen LogP contribution in [0.25, 0.3) is 11.2 Å². The van der Waals surface area contributed by atoms with Crippen LogP contribution >= 0.6 is 35.0 Å². The molecule has 0 atom stereocenters. The Morgan fingerprint density at radius 2 is 2.08 bits per heavy atom. The van der Waals surface area contributed by atoms with E-state index in [-0.39, 0.29) is 0 Å². The first-order chi connectivity index (χ1) is 12.4. The second kappa shape index (κ2) is 7.73. The highest BCUT2D eigenvalue weighted by Gasteiger charge is 2.18. The number of nitrogens with zero attached hydrogens (tertiary/aromatic N) is 3. The molecule has 0 spiro atoms. The van der Waals surface area contributed by atoms with Gasteiger partial charge >= 0.3 is 5.69 Å². The number of aromatic nitrogens is 4. The Bertz CT molecular complexity index is 1110. The van der Waals surface area contributed by atoms with Crippen molar-refractivity contribution in [2.45, 2.75) is 18.6 Å². The van der Waals surface area contributed by atoms with Gasteiger partial charge in [-0.05, 0) is 18.6 Å². The molecule has 2 heterocycles. The van der Waals surface area contributed by atoms with Gasteiger partial charge in [0.2, 0.25) is 0 Å². The van der Waals surface area contributed by atoms with Crippen molar-refractivity contribution in [1.82, 2.24) is 19.1 Å². The van der Waals surface area contributed by atoms with Crippen molar-refractivity contribution in [2.75, 3.05) is 5.75 Å². The smallest absolute Gasteiger partial charge is 0.309 e. The minimum absolute atomic E-state index is 0.333. The summed E-state index contributed by atoms with van der Waals surface area (Å²) in [6.07, 6.45) is 1.86. The Balaban J connectivity index is 2.18. The lowest BCUT2D eigenvalue weighted by molar-refractivity contribution is 0.728. The molecule has 3 rings (SSSR count). The number of allylic oxidation sites excluding steroid dienone is 1. The fourth-order valence-electron chi connectivity index (χ4n) is 2.50. The van der Waals surface area contributed by atoms with Gasteiger partial charge in [0.1, 0.15) is 0 Å². The van der Waals surface area contributed by atoms with Crippen molar-refractivity contribution in [3.05, 3.63) is 66.8 Å². The Morgan fingerprint density at radius 3 is 2.77 bits per heavy atom. The first-order valence-electron chi connectivity index (χ1n) is 7.76. The molecule has 0 saturated carbocycles. The highest BCUT2D eigenvalue weighted by atomic mass is 35.5. The lowest BCUT2D eigenvalue weighted by atomic mass is 10.2. The lowest BCUT2D eigenvalue weighted by Crippen LogP contribution is -2.29. The summed E-state index contributed by atoms with van der Waals surface area (Å²) >= 11 is 13.6. The normalized spacial score (nSPS) is 12.1. The fraction of sp³-hybridized carbons (Fsp3) is 0.235. The minimum Gasteiger partial charge on any atom is -0.309 e. The van der Waals surface area contributed by atoms with Crippen molar-refractivity contribution < 1.29 is 0 Å². The molecular formula is C17H16Cl2N4O2S. The monoisotopic (exact) mass is 410 g/mol. The Hall–Kier alpha value is -1.96. The maximum absolute atomic E-state index is 12.4. The Morgan fingerprint density at radius 1 is 1.35 bits per heavy atom. The number of aryl methyl sites for hydroxylation is 1. The zero-order chi connectivity index (χ0) is 18.8. The molecule has 1 N–H and O–H groups in total. The van der Waals surface area contributed by atoms with E-state index in [1.165, 1.54) is 16.3 Å². The van der Waals surface area contributed by atoms with E-state index >= 15 is 0 Å². The molecule has 9 heteroatoms. The van der Waals surface area contributed by atoms with E-state index < -0.39 is 11.2 Å². The van der Waals surface area contributed by atoms with Gasteiger partial charge in [0.15, 0.2) is 16.3 Å². The molecule has 0 radical (unpaired) electrons. The highest BCUT2D eigenvalue weighted by molar-refractivity contribution is 7.99. The molecule has 0 aliphatic heterocycles. The van der Waals surface area contributed by atoms with Crippen LogP contribution in [0.4, 0.5) is 0 Å². The summed E-state index contributed by atoms with van der Waals surface area (Å²) in [6.45, 7) is 2.16. The molecule has 2 aromatic heterocycles. The number of thioether (sulfide) groups is 1. The minimum atomic E-state index is -0.502. The van der Waals surface area contributed by atoms with Crippen molar-refractivity contribution in [3.63, 3.8) is 0 Å². The SMILES string of the molecule is C/C(Cl)=C\CSc1nc2c(c(=O)[nH]c(=O)n2C)n1Cc1ccccc1Cl. The van der Waals surface area contributed by atoms with E-state index in [9.17, 15) is 9.59 Å². The van der Waals surface area contributed by atoms with Crippen molar-refractivity contribution >= 4 is 46.1 Å². The third kappa shape index (κ3) is 3.75. The molecule has 0 aliphatic carbocycles. The predicted octanol–water partition coefficient (Wildman–Crippen LogP) is 3.36. The van der Waals surface area contributed by atoms with E-state index in [0.717, 1.165) is 5.56 Å². The highest BCUT2D eigenvalue weighted by Crippen LogP contribution is 2.25. The maximum atomic E-state index is 12.4. The summed E-state index contributed by atoms with van der Waals surface area (Å²) in [4.78, 5) is 31.2. The molecule has 0 amide bonds. The van der Waals surface area contributed by atoms with Crippen LogP contribution in [0.2, 0.25) is 5.02 Å². The number of rotatable bonds is 5. The Kier molecular flexibility index (Phi) is 5.60. The predicted molar refractivity (Wildman–Crippen MR) is 106 cm³/mol. The molecule has 0 fully saturated rings. The van der Waals surface area contributed by atoms with Gasteiger partial charge in [-0.25, -0.2) is 9.78 Å². The third-order valence-corrected chi connectivity index (χ3v) is 5.26. The number of nitrogens with one attached hydrogen (secondary N) is 1. The standard InChI is InChI=1S/C17H16Cl2N4O2S/c1-10(18)7-8-26-17-20-14-13(15(24)21-16(25)22(14)2)23(17)9-11-5-3-4-6-12(11)19/h3-7H,8-9H2,1-2H3,(H,21,24,25)/b10-7+. The van der Waals surface area contributed by atoms with E-state index in [1.807, 2.05) is 24.3 Å². The van der Waals surface area contributed by atoms with Crippen molar-refractivity contribution in [2.24, 2.45) is 7.05 Å². The number of fused-ring (bicyclic) bond motifs is 1. The van der Waals surface area contributed by atoms with Crippen LogP contribution in [-0.4, -0.2) is 24.9 Å². The van der Waals surface area contributed by atoms with E-state index in [4.69, 9.17) is 23.2 Å². The Labute approximate surface area is 163 Å². The van der Waals surface area contributed by atoms with E-state index in [0.29, 0.717) is 38.7 Å². The van der Waals surface area contributed by atoms with Crippen LogP contribution in [-0.2, 0) is 13.6 Å². The summed E-state index contributed by atoms with van der Waals surface area (Å²) in [5, 5.41) is 1.89. The molecule has 3 aromatic rings. The second-order valence-electron chi connectivity index (χ2n) is 5.66. The largest absolute Gasteiger partial charge is 0.329 e. The summed E-state index contributed by atoms with van der Waals surface area (Å²) in [5.74, 6) is 0.590. The topological polar surface area (TPSA) is 72.7 Å². The van der Waals surface area contributed by atoms with Crippen molar-refractivity contribution in [1.29, 1.82) is 0 Å². The van der Waals surface area contributed by atoms with Crippen LogP contribution in [0.15, 0.2) is 50.1 Å². The first-order valence-corrected chi connectivity index (χ1v) is 9.50. The number of imidazole rings is 1. The van der Waals surface area contributed by atoms with Crippen LogP contribution in [0.5, 0.6) is 0 Å². The quantitative estimate of drug-likeness (QED) is 0.654. The number of aromatic amines is 1. The number of halogens is 2. The summed E-state index contributed by atoms with van der Waals surface area (Å²) in [5.41, 5.74) is 0.546. The number of hydrogen-bond acceptors (Lipinski definition) is 4. The van der Waals surface area contributed by atoms with Gasteiger partial charge in [0.25, 0.3) is 5.56 Å².